The molecule has 0 radical (unpaired) electrons. The number of ether oxygens (including phenoxy) is 1. The summed E-state index contributed by atoms with van der Waals surface area (Å²) in [5.41, 5.74) is 2.25. The summed E-state index contributed by atoms with van der Waals surface area (Å²) in [6.07, 6.45) is 1.55. The Balaban J connectivity index is 1.70. The van der Waals surface area contributed by atoms with Crippen molar-refractivity contribution in [2.45, 2.75) is 6.92 Å². The molecule has 0 bridgehead atoms. The number of thiazole rings is 1. The first-order chi connectivity index (χ1) is 14.0. The summed E-state index contributed by atoms with van der Waals surface area (Å²) >= 11 is 1.38. The molecule has 6 nitrogen and oxygen atoms in total. The number of nitrogens with zero attached hydrogens (tertiary/aromatic N) is 2. The molecule has 2 aromatic heterocycles. The van der Waals surface area contributed by atoms with Crippen molar-refractivity contribution < 1.29 is 9.53 Å². The SMILES string of the molecule is COc1ccc2c(c1)c(=O)c(C(=O)Nc1nc(-c3ccccc3)c(C)s1)cn2C. The summed E-state index contributed by atoms with van der Waals surface area (Å²) in [7, 11) is 3.34. The van der Waals surface area contributed by atoms with Crippen LogP contribution in [-0.2, 0) is 7.05 Å². The number of hydrogen-bond acceptors (Lipinski definition) is 5. The van der Waals surface area contributed by atoms with Gasteiger partial charge in [-0.1, -0.05) is 30.3 Å². The Kier molecular flexibility index (Phi) is 4.90. The smallest absolute Gasteiger partial charge is 0.262 e. The number of pyridine rings is 1. The Morgan fingerprint density at radius 1 is 1.17 bits per heavy atom. The van der Waals surface area contributed by atoms with E-state index in [4.69, 9.17) is 4.74 Å². The van der Waals surface area contributed by atoms with Crippen LogP contribution in [0.25, 0.3) is 22.2 Å². The van der Waals surface area contributed by atoms with Crippen molar-refractivity contribution in [3.8, 4) is 17.0 Å². The van der Waals surface area contributed by atoms with Crippen LogP contribution in [0.15, 0.2) is 59.5 Å². The van der Waals surface area contributed by atoms with Crippen LogP contribution in [-0.4, -0.2) is 22.6 Å². The second-order valence-corrected chi connectivity index (χ2v) is 7.81. The van der Waals surface area contributed by atoms with E-state index in [0.717, 1.165) is 21.7 Å². The van der Waals surface area contributed by atoms with Gasteiger partial charge < -0.3 is 9.30 Å². The molecule has 1 amide bonds. The van der Waals surface area contributed by atoms with E-state index in [1.807, 2.05) is 37.3 Å². The van der Waals surface area contributed by atoms with Crippen LogP contribution < -0.4 is 15.5 Å². The maximum Gasteiger partial charge on any atom is 0.262 e. The fraction of sp³-hybridized carbons (Fsp3) is 0.136. The number of benzene rings is 2. The van der Waals surface area contributed by atoms with Gasteiger partial charge in [0.1, 0.15) is 11.3 Å². The summed E-state index contributed by atoms with van der Waals surface area (Å²) in [6, 6.07) is 15.0. The van der Waals surface area contributed by atoms with Crippen molar-refractivity contribution in [2.75, 3.05) is 12.4 Å². The maximum absolute atomic E-state index is 12.9. The number of hydrogen-bond donors (Lipinski definition) is 1. The first-order valence-corrected chi connectivity index (χ1v) is 9.81. The third-order valence-electron chi connectivity index (χ3n) is 4.70. The third-order valence-corrected chi connectivity index (χ3v) is 5.59. The van der Waals surface area contributed by atoms with Gasteiger partial charge in [-0.25, -0.2) is 4.98 Å². The molecule has 1 N–H and O–H groups in total. The van der Waals surface area contributed by atoms with Gasteiger partial charge in [-0.15, -0.1) is 11.3 Å². The molecule has 2 heterocycles. The number of carbonyl (C=O) groups is 1. The molecule has 0 atom stereocenters. The highest BCUT2D eigenvalue weighted by Gasteiger charge is 2.18. The molecule has 0 unspecified atom stereocenters. The maximum atomic E-state index is 12.9. The summed E-state index contributed by atoms with van der Waals surface area (Å²) in [4.78, 5) is 31.3. The fourth-order valence-corrected chi connectivity index (χ4v) is 4.07. The molecule has 0 aliphatic rings. The predicted molar refractivity (Wildman–Crippen MR) is 116 cm³/mol. The Labute approximate surface area is 171 Å². The standard InChI is InChI=1S/C22H19N3O3S/c1-13-19(14-7-5-4-6-8-14)23-22(29-13)24-21(27)17-12-25(2)18-10-9-15(28-3)11-16(18)20(17)26/h4-12H,1-3H3,(H,23,24,27). The molecule has 0 saturated carbocycles. The minimum absolute atomic E-state index is 0.0577. The van der Waals surface area contributed by atoms with Crippen LogP contribution in [0, 0.1) is 6.92 Å². The van der Waals surface area contributed by atoms with Gasteiger partial charge in [0.15, 0.2) is 5.13 Å². The van der Waals surface area contributed by atoms with E-state index in [2.05, 4.69) is 10.3 Å². The number of amides is 1. The quantitative estimate of drug-likeness (QED) is 0.551. The monoisotopic (exact) mass is 405 g/mol. The van der Waals surface area contributed by atoms with Crippen molar-refractivity contribution in [2.24, 2.45) is 7.05 Å². The van der Waals surface area contributed by atoms with Crippen molar-refractivity contribution in [1.29, 1.82) is 0 Å². The average molecular weight is 405 g/mol. The molecule has 0 aliphatic carbocycles. The number of anilines is 1. The molecule has 7 heteroatoms. The van der Waals surface area contributed by atoms with Gasteiger partial charge in [0.05, 0.1) is 23.7 Å². The molecule has 0 aliphatic heterocycles. The zero-order valence-corrected chi connectivity index (χ0v) is 17.0. The van der Waals surface area contributed by atoms with Gasteiger partial charge in [-0.2, -0.15) is 0 Å². The number of carbonyl (C=O) groups excluding carboxylic acids is 1. The highest BCUT2D eigenvalue weighted by molar-refractivity contribution is 7.16. The highest BCUT2D eigenvalue weighted by atomic mass is 32.1. The van der Waals surface area contributed by atoms with Gasteiger partial charge in [0, 0.05) is 23.7 Å². The molecule has 0 saturated heterocycles. The van der Waals surface area contributed by atoms with Gasteiger partial charge in [-0.05, 0) is 25.1 Å². The summed E-state index contributed by atoms with van der Waals surface area (Å²) in [5, 5.41) is 3.66. The average Bonchev–Trinajstić information content (AvgIpc) is 3.10. The van der Waals surface area contributed by atoms with Crippen molar-refractivity contribution >= 4 is 33.3 Å². The minimum atomic E-state index is -0.483. The van der Waals surface area contributed by atoms with Gasteiger partial charge in [-0.3, -0.25) is 14.9 Å². The van der Waals surface area contributed by atoms with Crippen molar-refractivity contribution in [1.82, 2.24) is 9.55 Å². The summed E-state index contributed by atoms with van der Waals surface area (Å²) in [6.45, 7) is 1.96. The predicted octanol–water partition coefficient (Wildman–Crippen LogP) is 4.23. The lowest BCUT2D eigenvalue weighted by molar-refractivity contribution is 0.102. The summed E-state index contributed by atoms with van der Waals surface area (Å²) < 4.78 is 6.97. The second-order valence-electron chi connectivity index (χ2n) is 6.61. The first-order valence-electron chi connectivity index (χ1n) is 8.99. The van der Waals surface area contributed by atoms with Crippen molar-refractivity contribution in [3.05, 3.63) is 75.4 Å². The zero-order valence-electron chi connectivity index (χ0n) is 16.2. The van der Waals surface area contributed by atoms with E-state index in [-0.39, 0.29) is 11.0 Å². The molecular formula is C22H19N3O3S. The van der Waals surface area contributed by atoms with Crippen LogP contribution >= 0.6 is 11.3 Å². The number of rotatable bonds is 4. The molecule has 29 heavy (non-hydrogen) atoms. The van der Waals surface area contributed by atoms with Crippen LogP contribution in [0.3, 0.4) is 0 Å². The number of aromatic nitrogens is 2. The summed E-state index contributed by atoms with van der Waals surface area (Å²) in [5.74, 6) is 0.0823. The largest absolute Gasteiger partial charge is 0.497 e. The van der Waals surface area contributed by atoms with Crippen LogP contribution in [0.5, 0.6) is 5.75 Å². The normalized spacial score (nSPS) is 10.9. The molecule has 4 aromatic rings. The van der Waals surface area contributed by atoms with E-state index < -0.39 is 5.91 Å². The molecular weight excluding hydrogens is 386 g/mol. The Morgan fingerprint density at radius 2 is 1.93 bits per heavy atom. The number of nitrogens with one attached hydrogen (secondary N) is 1. The van der Waals surface area contributed by atoms with E-state index in [0.29, 0.717) is 16.3 Å². The number of aryl methyl sites for hydroxylation is 2. The zero-order chi connectivity index (χ0) is 20.5. The number of methoxy groups -OCH3 is 1. The van der Waals surface area contributed by atoms with E-state index >= 15 is 0 Å². The topological polar surface area (TPSA) is 73.2 Å². The van der Waals surface area contributed by atoms with Crippen LogP contribution in [0.4, 0.5) is 5.13 Å². The van der Waals surface area contributed by atoms with Gasteiger partial charge in [0.2, 0.25) is 5.43 Å². The second kappa shape index (κ2) is 7.52. The van der Waals surface area contributed by atoms with Crippen molar-refractivity contribution in [3.63, 3.8) is 0 Å². The third kappa shape index (κ3) is 3.52. The van der Waals surface area contributed by atoms with E-state index in [9.17, 15) is 9.59 Å². The first kappa shape index (κ1) is 18.9. The Bertz CT molecular complexity index is 1280. The molecule has 2 aromatic carbocycles. The molecule has 0 fully saturated rings. The fourth-order valence-electron chi connectivity index (χ4n) is 3.24. The minimum Gasteiger partial charge on any atom is -0.497 e. The Morgan fingerprint density at radius 3 is 2.66 bits per heavy atom. The molecule has 146 valence electrons. The highest BCUT2D eigenvalue weighted by Crippen LogP contribution is 2.30. The van der Waals surface area contributed by atoms with Gasteiger partial charge >= 0.3 is 0 Å². The lowest BCUT2D eigenvalue weighted by Crippen LogP contribution is -2.23. The Hall–Kier alpha value is -3.45. The van der Waals surface area contributed by atoms with Crippen LogP contribution in [0.1, 0.15) is 15.2 Å². The lowest BCUT2D eigenvalue weighted by atomic mass is 10.1. The van der Waals surface area contributed by atoms with Gasteiger partial charge in [0.25, 0.3) is 5.91 Å². The van der Waals surface area contributed by atoms with Crippen LogP contribution in [0.2, 0.25) is 0 Å². The molecule has 0 spiro atoms. The number of fused-ring (bicyclic) bond motifs is 1. The van der Waals surface area contributed by atoms with E-state index in [1.54, 1.807) is 36.0 Å². The van der Waals surface area contributed by atoms with E-state index in [1.165, 1.54) is 18.4 Å². The lowest BCUT2D eigenvalue weighted by Gasteiger charge is -2.10. The molecule has 4 rings (SSSR count).